The molecule has 0 fully saturated rings. The third kappa shape index (κ3) is 5.35. The maximum atomic E-state index is 12.3. The van der Waals surface area contributed by atoms with Gasteiger partial charge in [-0.2, -0.15) is 0 Å². The van der Waals surface area contributed by atoms with Gasteiger partial charge in [-0.05, 0) is 59.7 Å². The van der Waals surface area contributed by atoms with Crippen LogP contribution in [0.2, 0.25) is 0 Å². The van der Waals surface area contributed by atoms with E-state index >= 15 is 0 Å². The zero-order valence-corrected chi connectivity index (χ0v) is 16.9. The molecule has 0 bridgehead atoms. The lowest BCUT2D eigenvalue weighted by atomic mass is 10.0. The summed E-state index contributed by atoms with van der Waals surface area (Å²) in [6, 6.07) is 22.8. The van der Waals surface area contributed by atoms with Gasteiger partial charge in [-0.1, -0.05) is 68.4 Å². The Morgan fingerprint density at radius 1 is 0.929 bits per heavy atom. The van der Waals surface area contributed by atoms with Crippen LogP contribution >= 0.6 is 0 Å². The molecule has 0 saturated carbocycles. The molecule has 3 aromatic rings. The molecule has 0 aliphatic heterocycles. The second kappa shape index (κ2) is 9.41. The maximum absolute atomic E-state index is 12.3. The largest absolute Gasteiger partial charge is 0.481 e. The summed E-state index contributed by atoms with van der Waals surface area (Å²) >= 11 is 0. The molecule has 0 radical (unpaired) electrons. The Morgan fingerprint density at radius 2 is 1.64 bits per heavy atom. The highest BCUT2D eigenvalue weighted by molar-refractivity contribution is 5.84. The van der Waals surface area contributed by atoms with Gasteiger partial charge in [0.1, 0.15) is 5.75 Å². The molecule has 3 heteroatoms. The van der Waals surface area contributed by atoms with Crippen LogP contribution in [0.3, 0.4) is 0 Å². The quantitative estimate of drug-likeness (QED) is 0.530. The van der Waals surface area contributed by atoms with E-state index in [-0.39, 0.29) is 5.91 Å². The summed E-state index contributed by atoms with van der Waals surface area (Å²) in [6.45, 7) is 6.84. The number of ether oxygens (including phenoxy) is 1. The summed E-state index contributed by atoms with van der Waals surface area (Å²) < 4.78 is 5.82. The molecule has 1 N–H and O–H groups in total. The van der Waals surface area contributed by atoms with Crippen molar-refractivity contribution >= 4 is 16.7 Å². The van der Waals surface area contributed by atoms with Crippen LogP contribution in [0.4, 0.5) is 0 Å². The van der Waals surface area contributed by atoms with Crippen molar-refractivity contribution in [1.82, 2.24) is 5.32 Å². The summed E-state index contributed by atoms with van der Waals surface area (Å²) in [4.78, 5) is 12.3. The fourth-order valence-corrected chi connectivity index (χ4v) is 3.22. The van der Waals surface area contributed by atoms with Gasteiger partial charge >= 0.3 is 0 Å². The molecular weight excluding hydrogens is 346 g/mol. The number of carbonyl (C=O) groups excluding carboxylic acids is 1. The summed E-state index contributed by atoms with van der Waals surface area (Å²) in [5, 5.41) is 5.24. The molecule has 3 nitrogen and oxygen atoms in total. The third-order valence-corrected chi connectivity index (χ3v) is 4.99. The van der Waals surface area contributed by atoms with E-state index in [1.54, 1.807) is 6.92 Å². The van der Waals surface area contributed by atoms with Crippen LogP contribution in [0, 0.1) is 0 Å². The second-order valence-electron chi connectivity index (χ2n) is 7.56. The molecule has 1 amide bonds. The molecule has 0 spiro atoms. The number of hydrogen-bond acceptors (Lipinski definition) is 2. The first kappa shape index (κ1) is 19.9. The van der Waals surface area contributed by atoms with Crippen molar-refractivity contribution in [1.29, 1.82) is 0 Å². The van der Waals surface area contributed by atoms with Gasteiger partial charge in [0, 0.05) is 6.54 Å². The minimum atomic E-state index is -0.522. The Kier molecular flexibility index (Phi) is 6.70. The van der Waals surface area contributed by atoms with Gasteiger partial charge in [0.15, 0.2) is 6.10 Å². The highest BCUT2D eigenvalue weighted by atomic mass is 16.5. The van der Waals surface area contributed by atoms with E-state index in [1.807, 2.05) is 36.4 Å². The monoisotopic (exact) mass is 375 g/mol. The molecule has 0 unspecified atom stereocenters. The molecule has 0 aliphatic rings. The fraction of sp³-hybridized carbons (Fsp3) is 0.320. The van der Waals surface area contributed by atoms with Gasteiger partial charge in [-0.3, -0.25) is 4.79 Å². The van der Waals surface area contributed by atoms with E-state index in [0.717, 1.165) is 23.6 Å². The standard InChI is InChI=1S/C25H29NO2/c1-18(2)21-12-10-20(11-13-21)7-6-16-26-25(27)19(3)28-24-15-14-22-8-4-5-9-23(22)17-24/h4-5,8-15,17-19H,6-7,16H2,1-3H3,(H,26,27)/t19-/m1/s1. The first-order valence-corrected chi connectivity index (χ1v) is 10.0. The molecule has 3 aromatic carbocycles. The van der Waals surface area contributed by atoms with E-state index in [9.17, 15) is 4.79 Å². The molecule has 1 atom stereocenters. The molecule has 0 saturated heterocycles. The smallest absolute Gasteiger partial charge is 0.260 e. The number of amides is 1. The van der Waals surface area contributed by atoms with Crippen molar-refractivity contribution in [3.05, 3.63) is 77.9 Å². The average Bonchev–Trinajstić information content (AvgIpc) is 2.71. The lowest BCUT2D eigenvalue weighted by Gasteiger charge is -2.15. The van der Waals surface area contributed by atoms with Gasteiger partial charge in [0.25, 0.3) is 5.91 Å². The minimum absolute atomic E-state index is 0.0803. The van der Waals surface area contributed by atoms with Crippen LogP contribution in [0.25, 0.3) is 10.8 Å². The number of benzene rings is 3. The van der Waals surface area contributed by atoms with Crippen molar-refractivity contribution in [2.24, 2.45) is 0 Å². The molecule has 28 heavy (non-hydrogen) atoms. The molecular formula is C25H29NO2. The third-order valence-electron chi connectivity index (χ3n) is 4.99. The van der Waals surface area contributed by atoms with Crippen molar-refractivity contribution in [3.63, 3.8) is 0 Å². The Labute approximate surface area is 167 Å². The first-order chi connectivity index (χ1) is 13.5. The molecule has 3 rings (SSSR count). The summed E-state index contributed by atoms with van der Waals surface area (Å²) in [5.41, 5.74) is 2.66. The van der Waals surface area contributed by atoms with E-state index in [2.05, 4.69) is 49.5 Å². The second-order valence-corrected chi connectivity index (χ2v) is 7.56. The van der Waals surface area contributed by atoms with Crippen LogP contribution in [-0.2, 0) is 11.2 Å². The maximum Gasteiger partial charge on any atom is 0.260 e. The lowest BCUT2D eigenvalue weighted by molar-refractivity contribution is -0.127. The summed E-state index contributed by atoms with van der Waals surface area (Å²) in [5.74, 6) is 1.19. The van der Waals surface area contributed by atoms with Gasteiger partial charge in [-0.25, -0.2) is 0 Å². The van der Waals surface area contributed by atoms with Crippen LogP contribution in [0.5, 0.6) is 5.75 Å². The highest BCUT2D eigenvalue weighted by Crippen LogP contribution is 2.21. The van der Waals surface area contributed by atoms with Crippen molar-refractivity contribution in [2.45, 2.75) is 45.6 Å². The number of carbonyl (C=O) groups is 1. The van der Waals surface area contributed by atoms with E-state index < -0.39 is 6.10 Å². The van der Waals surface area contributed by atoms with Crippen molar-refractivity contribution < 1.29 is 9.53 Å². The van der Waals surface area contributed by atoms with E-state index in [0.29, 0.717) is 18.2 Å². The molecule has 0 aliphatic carbocycles. The van der Waals surface area contributed by atoms with Gasteiger partial charge in [-0.15, -0.1) is 0 Å². The Morgan fingerprint density at radius 3 is 2.36 bits per heavy atom. The first-order valence-electron chi connectivity index (χ1n) is 10.0. The summed E-state index contributed by atoms with van der Waals surface area (Å²) in [6.07, 6.45) is 1.35. The Hall–Kier alpha value is -2.81. The lowest BCUT2D eigenvalue weighted by Crippen LogP contribution is -2.36. The molecule has 0 heterocycles. The van der Waals surface area contributed by atoms with Crippen LogP contribution < -0.4 is 10.1 Å². The number of fused-ring (bicyclic) bond motifs is 1. The van der Waals surface area contributed by atoms with E-state index in [1.165, 1.54) is 11.1 Å². The number of hydrogen-bond donors (Lipinski definition) is 1. The van der Waals surface area contributed by atoms with Gasteiger partial charge in [0.2, 0.25) is 0 Å². The number of nitrogens with one attached hydrogen (secondary N) is 1. The van der Waals surface area contributed by atoms with Crippen LogP contribution in [-0.4, -0.2) is 18.6 Å². The SMILES string of the molecule is CC(C)c1ccc(CCCNC(=O)[C@@H](C)Oc2ccc3ccccc3c2)cc1. The normalized spacial score (nSPS) is 12.1. The van der Waals surface area contributed by atoms with Crippen molar-refractivity contribution in [3.8, 4) is 5.75 Å². The fourth-order valence-electron chi connectivity index (χ4n) is 3.22. The average molecular weight is 376 g/mol. The summed E-state index contributed by atoms with van der Waals surface area (Å²) in [7, 11) is 0. The molecule has 0 aromatic heterocycles. The van der Waals surface area contributed by atoms with E-state index in [4.69, 9.17) is 4.74 Å². The zero-order valence-electron chi connectivity index (χ0n) is 16.9. The Balaban J connectivity index is 1.43. The number of aryl methyl sites for hydroxylation is 1. The highest BCUT2D eigenvalue weighted by Gasteiger charge is 2.14. The Bertz CT molecular complexity index is 915. The zero-order chi connectivity index (χ0) is 19.9. The number of rotatable bonds is 8. The van der Waals surface area contributed by atoms with Crippen molar-refractivity contribution in [2.75, 3.05) is 6.54 Å². The minimum Gasteiger partial charge on any atom is -0.481 e. The van der Waals surface area contributed by atoms with Crippen LogP contribution in [0.1, 0.15) is 44.2 Å². The predicted octanol–water partition coefficient (Wildman–Crippen LogP) is 5.48. The molecule has 146 valence electrons. The van der Waals surface area contributed by atoms with Gasteiger partial charge in [0.05, 0.1) is 0 Å². The predicted molar refractivity (Wildman–Crippen MR) is 116 cm³/mol. The van der Waals surface area contributed by atoms with Gasteiger partial charge < -0.3 is 10.1 Å². The van der Waals surface area contributed by atoms with Crippen LogP contribution in [0.15, 0.2) is 66.7 Å². The topological polar surface area (TPSA) is 38.3 Å².